The first-order valence-electron chi connectivity index (χ1n) is 7.40. The molecule has 1 aromatic heterocycles. The van der Waals surface area contributed by atoms with Crippen LogP contribution in [-0.2, 0) is 13.0 Å². The molecule has 2 heterocycles. The van der Waals surface area contributed by atoms with Crippen LogP contribution < -0.4 is 10.6 Å². The molecule has 1 amide bonds. The Hall–Kier alpha value is -1.07. The zero-order valence-corrected chi connectivity index (χ0v) is 12.3. The first-order valence-corrected chi connectivity index (χ1v) is 7.40. The van der Waals surface area contributed by atoms with E-state index in [0.29, 0.717) is 11.7 Å². The Balaban J connectivity index is 0.00000121. The predicted octanol–water partition coefficient (Wildman–Crippen LogP) is 1.40. The van der Waals surface area contributed by atoms with Crippen molar-refractivity contribution in [1.82, 2.24) is 20.8 Å². The molecule has 6 heteroatoms. The summed E-state index contributed by atoms with van der Waals surface area (Å²) in [6.45, 7) is 1.72. The highest BCUT2D eigenvalue weighted by molar-refractivity contribution is 5.94. The third-order valence-corrected chi connectivity index (χ3v) is 4.58. The number of fused-ring (bicyclic) bond motifs is 1. The van der Waals surface area contributed by atoms with Crippen molar-refractivity contribution in [2.75, 3.05) is 6.54 Å². The van der Waals surface area contributed by atoms with Crippen LogP contribution in [-0.4, -0.2) is 28.7 Å². The Morgan fingerprint density at radius 3 is 2.60 bits per heavy atom. The van der Waals surface area contributed by atoms with Crippen molar-refractivity contribution < 1.29 is 4.79 Å². The Bertz CT molecular complexity index is 495. The molecule has 0 aromatic carbocycles. The number of amides is 1. The lowest BCUT2D eigenvalue weighted by atomic mass is 10.0. The number of nitrogens with one attached hydrogen (secondary N) is 3. The zero-order chi connectivity index (χ0) is 12.8. The van der Waals surface area contributed by atoms with Crippen molar-refractivity contribution in [1.29, 1.82) is 0 Å². The molecule has 3 N–H and O–H groups in total. The molecule has 0 radical (unpaired) electrons. The highest BCUT2D eigenvalue weighted by Gasteiger charge is 2.42. The standard InChI is InChI=1S/C14H20N4O.ClH/c19-14(16-12(8-1-2-8)9-3-4-9)13-10-7-15-6-5-11(10)17-18-13;/h8-9,12,15H,1-7H2,(H,16,19)(H,17,18);1H. The summed E-state index contributed by atoms with van der Waals surface area (Å²) in [7, 11) is 0. The van der Waals surface area contributed by atoms with E-state index < -0.39 is 0 Å². The number of hydrogen-bond acceptors (Lipinski definition) is 3. The molecule has 110 valence electrons. The Morgan fingerprint density at radius 1 is 1.25 bits per heavy atom. The largest absolute Gasteiger partial charge is 0.347 e. The molecule has 0 spiro atoms. The van der Waals surface area contributed by atoms with Gasteiger partial charge in [-0.3, -0.25) is 9.89 Å². The molecule has 2 fully saturated rings. The van der Waals surface area contributed by atoms with Crippen molar-refractivity contribution in [2.24, 2.45) is 11.8 Å². The highest BCUT2D eigenvalue weighted by Crippen LogP contribution is 2.44. The van der Waals surface area contributed by atoms with Gasteiger partial charge in [0.25, 0.3) is 5.91 Å². The predicted molar refractivity (Wildman–Crippen MR) is 77.9 cm³/mol. The summed E-state index contributed by atoms with van der Waals surface area (Å²) in [6, 6.07) is 0.399. The number of carbonyl (C=O) groups excluding carboxylic acids is 1. The molecule has 0 saturated heterocycles. The molecular weight excluding hydrogens is 276 g/mol. The van der Waals surface area contributed by atoms with Crippen LogP contribution in [0.1, 0.15) is 47.4 Å². The van der Waals surface area contributed by atoms with E-state index in [1.165, 1.54) is 25.7 Å². The summed E-state index contributed by atoms with van der Waals surface area (Å²) in [5.41, 5.74) is 2.79. The van der Waals surface area contributed by atoms with Crippen LogP contribution in [0.3, 0.4) is 0 Å². The number of carbonyl (C=O) groups is 1. The van der Waals surface area contributed by atoms with E-state index in [1.807, 2.05) is 0 Å². The van der Waals surface area contributed by atoms with Gasteiger partial charge in [0.2, 0.25) is 0 Å². The van der Waals surface area contributed by atoms with Gasteiger partial charge in [-0.05, 0) is 37.5 Å². The van der Waals surface area contributed by atoms with E-state index in [-0.39, 0.29) is 18.3 Å². The molecular formula is C14H21ClN4O. The van der Waals surface area contributed by atoms with E-state index in [1.54, 1.807) is 0 Å². The van der Waals surface area contributed by atoms with Crippen LogP contribution in [0.15, 0.2) is 0 Å². The van der Waals surface area contributed by atoms with Crippen molar-refractivity contribution in [3.8, 4) is 0 Å². The summed E-state index contributed by atoms with van der Waals surface area (Å²) < 4.78 is 0. The van der Waals surface area contributed by atoms with Gasteiger partial charge >= 0.3 is 0 Å². The Kier molecular flexibility index (Phi) is 3.73. The fourth-order valence-corrected chi connectivity index (χ4v) is 3.16. The molecule has 2 saturated carbocycles. The maximum atomic E-state index is 12.4. The topological polar surface area (TPSA) is 69.8 Å². The summed E-state index contributed by atoms with van der Waals surface area (Å²) in [6.07, 6.45) is 6.05. The van der Waals surface area contributed by atoms with Crippen LogP contribution in [0, 0.1) is 11.8 Å². The van der Waals surface area contributed by atoms with Crippen LogP contribution >= 0.6 is 12.4 Å². The van der Waals surface area contributed by atoms with Gasteiger partial charge in [0.15, 0.2) is 5.69 Å². The van der Waals surface area contributed by atoms with Crippen molar-refractivity contribution in [3.05, 3.63) is 17.0 Å². The SMILES string of the molecule is Cl.O=C(NC(C1CC1)C1CC1)c1n[nH]c2c1CNCC2. The monoisotopic (exact) mass is 296 g/mol. The minimum absolute atomic E-state index is 0. The van der Waals surface area contributed by atoms with Crippen LogP contribution in [0.25, 0.3) is 0 Å². The molecule has 0 atom stereocenters. The summed E-state index contributed by atoms with van der Waals surface area (Å²) in [5.74, 6) is 1.47. The van der Waals surface area contributed by atoms with Gasteiger partial charge in [-0.2, -0.15) is 5.10 Å². The van der Waals surface area contributed by atoms with E-state index in [2.05, 4.69) is 20.8 Å². The summed E-state index contributed by atoms with van der Waals surface area (Å²) in [5, 5.41) is 13.8. The second kappa shape index (κ2) is 5.37. The Morgan fingerprint density at radius 2 is 1.95 bits per heavy atom. The van der Waals surface area contributed by atoms with Gasteiger partial charge in [-0.25, -0.2) is 0 Å². The third kappa shape index (κ3) is 2.56. The Labute approximate surface area is 124 Å². The molecule has 2 aliphatic carbocycles. The van der Waals surface area contributed by atoms with Gasteiger partial charge < -0.3 is 10.6 Å². The number of aromatic nitrogens is 2. The first-order chi connectivity index (χ1) is 9.33. The van der Waals surface area contributed by atoms with Gasteiger partial charge in [0.1, 0.15) is 0 Å². The number of H-pyrrole nitrogens is 1. The van der Waals surface area contributed by atoms with E-state index in [9.17, 15) is 4.79 Å². The van der Waals surface area contributed by atoms with Crippen molar-refractivity contribution in [2.45, 2.75) is 44.7 Å². The zero-order valence-electron chi connectivity index (χ0n) is 11.4. The number of aromatic amines is 1. The van der Waals surface area contributed by atoms with Crippen molar-refractivity contribution >= 4 is 18.3 Å². The minimum Gasteiger partial charge on any atom is -0.347 e. The van der Waals surface area contributed by atoms with Crippen LogP contribution in [0.4, 0.5) is 0 Å². The first kappa shape index (κ1) is 13.9. The quantitative estimate of drug-likeness (QED) is 0.786. The van der Waals surface area contributed by atoms with E-state index in [4.69, 9.17) is 0 Å². The molecule has 1 aliphatic heterocycles. The molecule has 0 unspecified atom stereocenters. The number of nitrogens with zero attached hydrogens (tertiary/aromatic N) is 1. The number of rotatable bonds is 4. The number of hydrogen-bond donors (Lipinski definition) is 3. The molecule has 5 nitrogen and oxygen atoms in total. The second-order valence-corrected chi connectivity index (χ2v) is 6.13. The summed E-state index contributed by atoms with van der Waals surface area (Å²) >= 11 is 0. The minimum atomic E-state index is 0. The molecule has 20 heavy (non-hydrogen) atoms. The lowest BCUT2D eigenvalue weighted by Gasteiger charge is -2.18. The number of halogens is 1. The normalized spacial score (nSPS) is 21.2. The lowest BCUT2D eigenvalue weighted by Crippen LogP contribution is -2.39. The maximum Gasteiger partial charge on any atom is 0.272 e. The summed E-state index contributed by atoms with van der Waals surface area (Å²) in [4.78, 5) is 12.4. The molecule has 3 aliphatic rings. The average Bonchev–Trinajstić information content (AvgIpc) is 3.32. The average molecular weight is 297 g/mol. The fourth-order valence-electron chi connectivity index (χ4n) is 3.16. The van der Waals surface area contributed by atoms with E-state index in [0.717, 1.165) is 42.6 Å². The van der Waals surface area contributed by atoms with Crippen LogP contribution in [0.2, 0.25) is 0 Å². The third-order valence-electron chi connectivity index (χ3n) is 4.58. The fraction of sp³-hybridized carbons (Fsp3) is 0.714. The highest BCUT2D eigenvalue weighted by atomic mass is 35.5. The van der Waals surface area contributed by atoms with Gasteiger partial charge in [-0.1, -0.05) is 0 Å². The van der Waals surface area contributed by atoms with Crippen LogP contribution in [0.5, 0.6) is 0 Å². The van der Waals surface area contributed by atoms with Gasteiger partial charge in [0.05, 0.1) is 0 Å². The molecule has 0 bridgehead atoms. The van der Waals surface area contributed by atoms with Gasteiger partial charge in [-0.15, -0.1) is 12.4 Å². The van der Waals surface area contributed by atoms with E-state index >= 15 is 0 Å². The second-order valence-electron chi connectivity index (χ2n) is 6.13. The van der Waals surface area contributed by atoms with Crippen molar-refractivity contribution in [3.63, 3.8) is 0 Å². The molecule has 1 aromatic rings. The maximum absolute atomic E-state index is 12.4. The lowest BCUT2D eigenvalue weighted by molar-refractivity contribution is 0.0920. The smallest absolute Gasteiger partial charge is 0.272 e. The molecule has 4 rings (SSSR count). The van der Waals surface area contributed by atoms with Gasteiger partial charge in [0, 0.05) is 36.8 Å².